The Balaban J connectivity index is 1.87. The van der Waals surface area contributed by atoms with Gasteiger partial charge in [-0.1, -0.05) is 40.5 Å². The van der Waals surface area contributed by atoms with Crippen LogP contribution in [0.1, 0.15) is 79.1 Å². The first-order valence-corrected chi connectivity index (χ1v) is 9.96. The lowest BCUT2D eigenvalue weighted by Crippen LogP contribution is -2.45. The largest absolute Gasteiger partial charge is 0.353 e. The van der Waals surface area contributed by atoms with Crippen LogP contribution in [0.4, 0.5) is 0 Å². The quantitative estimate of drug-likeness (QED) is 0.745. The summed E-state index contributed by atoms with van der Waals surface area (Å²) in [5.41, 5.74) is 0. The number of hydrogen-bond acceptors (Lipinski definition) is 2. The van der Waals surface area contributed by atoms with Gasteiger partial charge in [0.1, 0.15) is 0 Å². The minimum absolute atomic E-state index is 0.0398. The number of rotatable bonds is 7. The number of hydrogen-bond donors (Lipinski definition) is 2. The smallest absolute Gasteiger partial charge is 0.223 e. The van der Waals surface area contributed by atoms with E-state index in [0.29, 0.717) is 30.2 Å². The van der Waals surface area contributed by atoms with Crippen molar-refractivity contribution >= 4 is 11.8 Å². The summed E-state index contributed by atoms with van der Waals surface area (Å²) in [5, 5.41) is 6.38. The molecule has 2 rings (SSSR count). The summed E-state index contributed by atoms with van der Waals surface area (Å²) in [6.07, 6.45) is 8.06. The van der Waals surface area contributed by atoms with Gasteiger partial charge in [-0.2, -0.15) is 0 Å². The third kappa shape index (κ3) is 5.49. The van der Waals surface area contributed by atoms with Gasteiger partial charge in [-0.25, -0.2) is 0 Å². The molecule has 4 heteroatoms. The van der Waals surface area contributed by atoms with E-state index >= 15 is 0 Å². The van der Waals surface area contributed by atoms with Gasteiger partial charge in [-0.05, 0) is 49.9 Å². The summed E-state index contributed by atoms with van der Waals surface area (Å²) in [7, 11) is 0. The average Bonchev–Trinajstić information content (AvgIpc) is 3.07. The second kappa shape index (κ2) is 8.87. The minimum Gasteiger partial charge on any atom is -0.353 e. The predicted molar refractivity (Wildman–Crippen MR) is 97.5 cm³/mol. The van der Waals surface area contributed by atoms with E-state index in [1.165, 1.54) is 12.8 Å². The second-order valence-electron chi connectivity index (χ2n) is 8.64. The van der Waals surface area contributed by atoms with E-state index in [2.05, 4.69) is 38.3 Å². The second-order valence-corrected chi connectivity index (χ2v) is 8.64. The number of carbonyl (C=O) groups excluding carboxylic acids is 2. The molecule has 2 aliphatic rings. The zero-order valence-electron chi connectivity index (χ0n) is 15.9. The van der Waals surface area contributed by atoms with Crippen molar-refractivity contribution in [1.29, 1.82) is 0 Å². The zero-order chi connectivity index (χ0) is 17.7. The maximum atomic E-state index is 12.6. The van der Waals surface area contributed by atoms with Crippen molar-refractivity contribution in [2.45, 2.75) is 91.1 Å². The van der Waals surface area contributed by atoms with Gasteiger partial charge in [-0.15, -0.1) is 0 Å². The highest BCUT2D eigenvalue weighted by Gasteiger charge is 2.32. The minimum atomic E-state index is -0.0398. The van der Waals surface area contributed by atoms with Gasteiger partial charge >= 0.3 is 0 Å². The third-order valence-electron chi connectivity index (χ3n) is 5.94. The highest BCUT2D eigenvalue weighted by Crippen LogP contribution is 2.31. The maximum Gasteiger partial charge on any atom is 0.223 e. The molecule has 2 saturated carbocycles. The molecule has 2 N–H and O–H groups in total. The van der Waals surface area contributed by atoms with Gasteiger partial charge in [0.2, 0.25) is 11.8 Å². The van der Waals surface area contributed by atoms with Crippen LogP contribution in [-0.2, 0) is 9.59 Å². The standard InChI is InChI=1S/C20H36N2O2/c1-13(2)11-16(21-20(24)17-9-5-7-14(17)3)12-19(23)22-18-10-6-8-15(18)4/h13-18H,5-12H2,1-4H3,(H,21,24)(H,22,23). The topological polar surface area (TPSA) is 58.2 Å². The lowest BCUT2D eigenvalue weighted by Gasteiger charge is -2.25. The predicted octanol–water partition coefficient (Wildman–Crippen LogP) is 3.65. The van der Waals surface area contributed by atoms with E-state index < -0.39 is 0 Å². The van der Waals surface area contributed by atoms with Gasteiger partial charge in [0.05, 0.1) is 0 Å². The third-order valence-corrected chi connectivity index (χ3v) is 5.94. The Morgan fingerprint density at radius 2 is 1.67 bits per heavy atom. The van der Waals surface area contributed by atoms with Crippen molar-refractivity contribution in [2.24, 2.45) is 23.7 Å². The molecule has 0 aliphatic heterocycles. The van der Waals surface area contributed by atoms with Gasteiger partial charge in [0.15, 0.2) is 0 Å². The van der Waals surface area contributed by atoms with E-state index in [-0.39, 0.29) is 23.8 Å². The maximum absolute atomic E-state index is 12.6. The summed E-state index contributed by atoms with van der Waals surface area (Å²) in [4.78, 5) is 25.0. The van der Waals surface area contributed by atoms with Crippen LogP contribution in [0.5, 0.6) is 0 Å². The molecule has 0 spiro atoms. The van der Waals surface area contributed by atoms with E-state index in [1.807, 2.05) is 0 Å². The molecule has 0 aromatic heterocycles. The fraction of sp³-hybridized carbons (Fsp3) is 0.900. The van der Waals surface area contributed by atoms with Crippen LogP contribution >= 0.6 is 0 Å². The lowest BCUT2D eigenvalue weighted by atomic mass is 9.95. The summed E-state index contributed by atoms with van der Waals surface area (Å²) < 4.78 is 0. The van der Waals surface area contributed by atoms with E-state index in [4.69, 9.17) is 0 Å². The van der Waals surface area contributed by atoms with E-state index in [1.54, 1.807) is 0 Å². The molecule has 0 aromatic rings. The Bertz CT molecular complexity index is 435. The Labute approximate surface area is 147 Å². The Hall–Kier alpha value is -1.06. The molecule has 4 nitrogen and oxygen atoms in total. The molecule has 0 bridgehead atoms. The van der Waals surface area contributed by atoms with Crippen LogP contribution in [-0.4, -0.2) is 23.9 Å². The average molecular weight is 337 g/mol. The van der Waals surface area contributed by atoms with Crippen LogP contribution in [0.25, 0.3) is 0 Å². The molecular weight excluding hydrogens is 300 g/mol. The van der Waals surface area contributed by atoms with Crippen LogP contribution in [0, 0.1) is 23.7 Å². The number of nitrogens with one attached hydrogen (secondary N) is 2. The molecule has 5 unspecified atom stereocenters. The molecule has 2 aliphatic carbocycles. The molecule has 24 heavy (non-hydrogen) atoms. The Morgan fingerprint density at radius 3 is 2.21 bits per heavy atom. The number of amides is 2. The molecule has 2 fully saturated rings. The molecule has 0 saturated heterocycles. The van der Waals surface area contributed by atoms with Crippen molar-refractivity contribution in [3.05, 3.63) is 0 Å². The van der Waals surface area contributed by atoms with Crippen molar-refractivity contribution in [1.82, 2.24) is 10.6 Å². The fourth-order valence-electron chi connectivity index (χ4n) is 4.45. The summed E-state index contributed by atoms with van der Waals surface area (Å²) in [6, 6.07) is 0.282. The monoisotopic (exact) mass is 336 g/mol. The van der Waals surface area contributed by atoms with Crippen LogP contribution < -0.4 is 10.6 Å². The SMILES string of the molecule is CC(C)CC(CC(=O)NC1CCCC1C)NC(=O)C1CCCC1C. The zero-order valence-corrected chi connectivity index (χ0v) is 15.9. The van der Waals surface area contributed by atoms with Gasteiger partial charge < -0.3 is 10.6 Å². The van der Waals surface area contributed by atoms with Crippen molar-refractivity contribution in [3.8, 4) is 0 Å². The van der Waals surface area contributed by atoms with Gasteiger partial charge in [0.25, 0.3) is 0 Å². The highest BCUT2D eigenvalue weighted by molar-refractivity contribution is 5.81. The van der Waals surface area contributed by atoms with E-state index in [0.717, 1.165) is 32.1 Å². The Kier molecular flexibility index (Phi) is 7.12. The first-order chi connectivity index (χ1) is 11.4. The molecule has 138 valence electrons. The van der Waals surface area contributed by atoms with Crippen LogP contribution in [0.2, 0.25) is 0 Å². The Morgan fingerprint density at radius 1 is 1.00 bits per heavy atom. The van der Waals surface area contributed by atoms with Crippen molar-refractivity contribution in [3.63, 3.8) is 0 Å². The van der Waals surface area contributed by atoms with Gasteiger partial charge in [-0.3, -0.25) is 9.59 Å². The summed E-state index contributed by atoms with van der Waals surface area (Å²) in [5.74, 6) is 1.91. The lowest BCUT2D eigenvalue weighted by molar-refractivity contribution is -0.127. The van der Waals surface area contributed by atoms with Crippen LogP contribution in [0.3, 0.4) is 0 Å². The first-order valence-electron chi connectivity index (χ1n) is 9.96. The van der Waals surface area contributed by atoms with Gasteiger partial charge in [0, 0.05) is 24.4 Å². The first kappa shape index (κ1) is 19.3. The molecule has 0 aromatic carbocycles. The molecule has 0 heterocycles. The normalized spacial score (nSPS) is 31.2. The molecule has 5 atom stereocenters. The summed E-state index contributed by atoms with van der Waals surface area (Å²) in [6.45, 7) is 8.68. The summed E-state index contributed by atoms with van der Waals surface area (Å²) >= 11 is 0. The molecule has 0 radical (unpaired) electrons. The van der Waals surface area contributed by atoms with Crippen molar-refractivity contribution in [2.75, 3.05) is 0 Å². The molecule has 2 amide bonds. The number of carbonyl (C=O) groups is 2. The fourth-order valence-corrected chi connectivity index (χ4v) is 4.45. The molecular formula is C20H36N2O2. The highest BCUT2D eigenvalue weighted by atomic mass is 16.2. The van der Waals surface area contributed by atoms with E-state index in [9.17, 15) is 9.59 Å². The van der Waals surface area contributed by atoms with Crippen molar-refractivity contribution < 1.29 is 9.59 Å². The van der Waals surface area contributed by atoms with Crippen LogP contribution in [0.15, 0.2) is 0 Å².